The molecule has 0 saturated carbocycles. The molecule has 0 radical (unpaired) electrons. The molecular weight excluding hydrogens is 462 g/mol. The van der Waals surface area contributed by atoms with Gasteiger partial charge in [-0.1, -0.05) is 32.9 Å². The van der Waals surface area contributed by atoms with Crippen LogP contribution in [0.1, 0.15) is 43.1 Å². The molecule has 0 fully saturated rings. The average molecular weight is 490 g/mol. The summed E-state index contributed by atoms with van der Waals surface area (Å²) in [4.78, 5) is 10.3. The van der Waals surface area contributed by atoms with Gasteiger partial charge in [-0.05, 0) is 31.0 Å². The Morgan fingerprint density at radius 3 is 2.46 bits per heavy atom. The molecule has 144 valence electrons. The van der Waals surface area contributed by atoms with E-state index >= 15 is 0 Å². The fraction of sp³-hybridized carbons (Fsp3) is 0.474. The van der Waals surface area contributed by atoms with Crippen molar-refractivity contribution >= 4 is 41.3 Å². The topological polar surface area (TPSA) is 49.3 Å². The standard InChI is InChI=1S/C19H27FN4S.HI/c1-5-16-11-22-17(25-16)12-23-18(21-6-2)24-13-19(3,4)14-7-9-15(20)10-8-14;/h7-11H,5-6,12-13H2,1-4H3,(H2,21,23,24);1H. The molecule has 0 spiro atoms. The van der Waals surface area contributed by atoms with E-state index in [1.165, 1.54) is 17.0 Å². The number of hydrogen-bond donors (Lipinski definition) is 2. The van der Waals surface area contributed by atoms with Crippen LogP contribution in [0.4, 0.5) is 4.39 Å². The summed E-state index contributed by atoms with van der Waals surface area (Å²) in [7, 11) is 0. The van der Waals surface area contributed by atoms with E-state index in [1.807, 2.05) is 25.3 Å². The molecule has 2 N–H and O–H groups in total. The third kappa shape index (κ3) is 6.83. The summed E-state index contributed by atoms with van der Waals surface area (Å²) in [6.07, 6.45) is 2.93. The van der Waals surface area contributed by atoms with E-state index in [2.05, 4.69) is 41.4 Å². The molecule has 0 saturated heterocycles. The van der Waals surface area contributed by atoms with Crippen LogP contribution in [0.15, 0.2) is 35.5 Å². The van der Waals surface area contributed by atoms with Crippen LogP contribution in [-0.4, -0.2) is 24.0 Å². The summed E-state index contributed by atoms with van der Waals surface area (Å²) in [5.74, 6) is 0.559. The van der Waals surface area contributed by atoms with E-state index in [0.717, 1.165) is 29.5 Å². The van der Waals surface area contributed by atoms with Crippen LogP contribution in [0.3, 0.4) is 0 Å². The van der Waals surface area contributed by atoms with E-state index in [4.69, 9.17) is 0 Å². The molecule has 26 heavy (non-hydrogen) atoms. The molecule has 0 aliphatic heterocycles. The second-order valence-electron chi connectivity index (χ2n) is 6.51. The number of aryl methyl sites for hydroxylation is 1. The molecule has 1 aromatic heterocycles. The van der Waals surface area contributed by atoms with Gasteiger partial charge in [-0.3, -0.25) is 0 Å². The number of aromatic nitrogens is 1. The minimum Gasteiger partial charge on any atom is -0.357 e. The van der Waals surface area contributed by atoms with E-state index in [-0.39, 0.29) is 35.2 Å². The highest BCUT2D eigenvalue weighted by Crippen LogP contribution is 2.22. The lowest BCUT2D eigenvalue weighted by molar-refractivity contribution is 0.507. The fourth-order valence-electron chi connectivity index (χ4n) is 2.38. The Balaban J connectivity index is 0.00000338. The van der Waals surface area contributed by atoms with Crippen molar-refractivity contribution in [1.29, 1.82) is 0 Å². The zero-order valence-electron chi connectivity index (χ0n) is 15.8. The first kappa shape index (κ1) is 22.8. The van der Waals surface area contributed by atoms with Crippen LogP contribution in [0.2, 0.25) is 0 Å². The lowest BCUT2D eigenvalue weighted by Gasteiger charge is -2.26. The summed E-state index contributed by atoms with van der Waals surface area (Å²) >= 11 is 1.71. The second-order valence-corrected chi connectivity index (χ2v) is 7.71. The highest BCUT2D eigenvalue weighted by atomic mass is 127. The molecule has 0 unspecified atom stereocenters. The lowest BCUT2D eigenvalue weighted by atomic mass is 9.84. The number of hydrogen-bond acceptors (Lipinski definition) is 3. The molecule has 4 nitrogen and oxygen atoms in total. The first-order valence-electron chi connectivity index (χ1n) is 8.66. The largest absolute Gasteiger partial charge is 0.357 e. The van der Waals surface area contributed by atoms with Gasteiger partial charge >= 0.3 is 0 Å². The van der Waals surface area contributed by atoms with Gasteiger partial charge in [-0.25, -0.2) is 14.4 Å². The number of nitrogens with one attached hydrogen (secondary N) is 2. The average Bonchev–Trinajstić information content (AvgIpc) is 3.06. The number of nitrogens with zero attached hydrogens (tertiary/aromatic N) is 2. The maximum atomic E-state index is 13.1. The van der Waals surface area contributed by atoms with Crippen LogP contribution in [-0.2, 0) is 18.4 Å². The monoisotopic (exact) mass is 490 g/mol. The second kappa shape index (κ2) is 10.8. The van der Waals surface area contributed by atoms with Crippen LogP contribution < -0.4 is 10.6 Å². The first-order valence-corrected chi connectivity index (χ1v) is 9.48. The van der Waals surface area contributed by atoms with Crippen molar-refractivity contribution in [2.24, 2.45) is 4.99 Å². The first-order chi connectivity index (χ1) is 11.9. The van der Waals surface area contributed by atoms with Gasteiger partial charge in [0.25, 0.3) is 0 Å². The van der Waals surface area contributed by atoms with Crippen LogP contribution >= 0.6 is 35.3 Å². The molecule has 2 rings (SSSR count). The van der Waals surface area contributed by atoms with Gasteiger partial charge in [-0.15, -0.1) is 35.3 Å². The van der Waals surface area contributed by atoms with Gasteiger partial charge in [-0.2, -0.15) is 0 Å². The summed E-state index contributed by atoms with van der Waals surface area (Å²) in [6.45, 7) is 10.5. The van der Waals surface area contributed by atoms with E-state index < -0.39 is 0 Å². The molecule has 0 atom stereocenters. The van der Waals surface area contributed by atoms with Gasteiger partial charge in [0.2, 0.25) is 0 Å². The number of rotatable bonds is 7. The Bertz CT molecular complexity index is 698. The Kier molecular flexibility index (Phi) is 9.49. The third-order valence-electron chi connectivity index (χ3n) is 3.99. The van der Waals surface area contributed by atoms with Crippen molar-refractivity contribution in [2.75, 3.05) is 13.1 Å². The highest BCUT2D eigenvalue weighted by molar-refractivity contribution is 14.0. The molecule has 2 aromatic rings. The molecule has 0 amide bonds. The predicted octanol–water partition coefficient (Wildman–Crippen LogP) is 4.50. The quantitative estimate of drug-likeness (QED) is 0.342. The molecule has 1 heterocycles. The van der Waals surface area contributed by atoms with Crippen LogP contribution in [0, 0.1) is 5.82 Å². The SMILES string of the molecule is CCNC(=NCc1ncc(CC)s1)NCC(C)(C)c1ccc(F)cc1.I. The zero-order chi connectivity index (χ0) is 18.3. The van der Waals surface area contributed by atoms with Gasteiger partial charge in [0.15, 0.2) is 5.96 Å². The van der Waals surface area contributed by atoms with Gasteiger partial charge in [0.05, 0.1) is 6.54 Å². The molecule has 7 heteroatoms. The van der Waals surface area contributed by atoms with Crippen molar-refractivity contribution < 1.29 is 4.39 Å². The predicted molar refractivity (Wildman–Crippen MR) is 119 cm³/mol. The van der Waals surface area contributed by atoms with Crippen molar-refractivity contribution in [2.45, 2.75) is 46.1 Å². The van der Waals surface area contributed by atoms with E-state index in [1.54, 1.807) is 11.3 Å². The van der Waals surface area contributed by atoms with E-state index in [0.29, 0.717) is 13.1 Å². The Hall–Kier alpha value is -1.22. The number of guanidine groups is 1. The molecule has 1 aromatic carbocycles. The normalized spacial score (nSPS) is 11.8. The Labute approximate surface area is 176 Å². The Morgan fingerprint density at radius 1 is 1.19 bits per heavy atom. The summed E-state index contributed by atoms with van der Waals surface area (Å²) in [5, 5.41) is 7.67. The molecule has 0 aliphatic carbocycles. The Morgan fingerprint density at radius 2 is 1.88 bits per heavy atom. The zero-order valence-corrected chi connectivity index (χ0v) is 19.0. The number of benzene rings is 1. The van der Waals surface area contributed by atoms with E-state index in [9.17, 15) is 4.39 Å². The summed E-state index contributed by atoms with van der Waals surface area (Å²) < 4.78 is 13.1. The van der Waals surface area contributed by atoms with Crippen molar-refractivity contribution in [3.05, 3.63) is 51.7 Å². The number of aliphatic imine (C=N–C) groups is 1. The molecule has 0 bridgehead atoms. The van der Waals surface area contributed by atoms with Crippen LogP contribution in [0.5, 0.6) is 0 Å². The van der Waals surface area contributed by atoms with Crippen molar-refractivity contribution in [3.8, 4) is 0 Å². The van der Waals surface area contributed by atoms with Crippen LogP contribution in [0.25, 0.3) is 0 Å². The lowest BCUT2D eigenvalue weighted by Crippen LogP contribution is -2.43. The third-order valence-corrected chi connectivity index (χ3v) is 5.12. The highest BCUT2D eigenvalue weighted by Gasteiger charge is 2.21. The van der Waals surface area contributed by atoms with Crippen molar-refractivity contribution in [1.82, 2.24) is 15.6 Å². The molecular formula is C19H28FIN4S. The number of thiazole rings is 1. The molecule has 0 aliphatic rings. The smallest absolute Gasteiger partial charge is 0.191 e. The maximum Gasteiger partial charge on any atom is 0.191 e. The minimum atomic E-state index is -0.211. The van der Waals surface area contributed by atoms with Gasteiger partial charge in [0.1, 0.15) is 10.8 Å². The summed E-state index contributed by atoms with van der Waals surface area (Å²) in [5.41, 5.74) is 0.949. The fourth-order valence-corrected chi connectivity index (χ4v) is 3.17. The van der Waals surface area contributed by atoms with Crippen molar-refractivity contribution in [3.63, 3.8) is 0 Å². The van der Waals surface area contributed by atoms with Gasteiger partial charge in [0, 0.05) is 29.6 Å². The number of halogens is 2. The van der Waals surface area contributed by atoms with Gasteiger partial charge < -0.3 is 10.6 Å². The minimum absolute atomic E-state index is 0. The summed E-state index contributed by atoms with van der Waals surface area (Å²) in [6, 6.07) is 6.68. The maximum absolute atomic E-state index is 13.1.